The fraction of sp³-hybridized carbons (Fsp3) is 0.625. The number of cyclic esters (lactones) is 1. The molecule has 1 heterocycles. The van der Waals surface area contributed by atoms with Crippen molar-refractivity contribution in [3.05, 3.63) is 24.5 Å². The first-order valence-electron chi connectivity index (χ1n) is 7.17. The molecule has 3 atom stereocenters. The number of rotatable bonds is 8. The van der Waals surface area contributed by atoms with Gasteiger partial charge in [0, 0.05) is 19.1 Å². The summed E-state index contributed by atoms with van der Waals surface area (Å²) in [6.07, 6.45) is 3.14. The summed E-state index contributed by atoms with van der Waals surface area (Å²) in [7, 11) is 1.39. The minimum Gasteiger partial charge on any atom is -0.508 e. The highest BCUT2D eigenvalue weighted by molar-refractivity contribution is 5.95. The van der Waals surface area contributed by atoms with E-state index in [0.717, 1.165) is 6.08 Å². The molecule has 1 fully saturated rings. The Labute approximate surface area is 130 Å². The Balaban J connectivity index is 3.33. The summed E-state index contributed by atoms with van der Waals surface area (Å²) in [5.74, 6) is -1.81. The standard InChI is InChI=1S/C16H24O6/c1-6-11(3)12(17)8-13(18)16(22-10-20-5)14(19)21-9-15(16,4)7-2/h7-8,11,18H,2,6,9-10H2,1,3-5H3/b13-8-/t11-,15-,16+/m0/s1. The van der Waals surface area contributed by atoms with Crippen LogP contribution in [-0.2, 0) is 23.8 Å². The van der Waals surface area contributed by atoms with Crippen molar-refractivity contribution in [3.8, 4) is 0 Å². The normalized spacial score (nSPS) is 30.0. The Morgan fingerprint density at radius 3 is 2.73 bits per heavy atom. The predicted octanol–water partition coefficient (Wildman–Crippen LogP) is 2.15. The lowest BCUT2D eigenvalue weighted by molar-refractivity contribution is -0.179. The van der Waals surface area contributed by atoms with E-state index in [4.69, 9.17) is 14.2 Å². The second kappa shape index (κ2) is 7.07. The van der Waals surface area contributed by atoms with Crippen molar-refractivity contribution >= 4 is 11.8 Å². The summed E-state index contributed by atoms with van der Waals surface area (Å²) in [6, 6.07) is 0. The molecule has 1 rings (SSSR count). The average Bonchev–Trinajstić information content (AvgIpc) is 2.77. The molecule has 1 saturated heterocycles. The number of ether oxygens (including phenoxy) is 3. The maximum Gasteiger partial charge on any atom is 0.347 e. The molecule has 1 N–H and O–H groups in total. The quantitative estimate of drug-likeness (QED) is 0.243. The van der Waals surface area contributed by atoms with Crippen LogP contribution in [0.25, 0.3) is 0 Å². The zero-order chi connectivity index (χ0) is 17.0. The van der Waals surface area contributed by atoms with Gasteiger partial charge in [-0.05, 0) is 13.3 Å². The number of hydrogen-bond acceptors (Lipinski definition) is 6. The van der Waals surface area contributed by atoms with Gasteiger partial charge in [0.15, 0.2) is 5.78 Å². The van der Waals surface area contributed by atoms with Gasteiger partial charge in [-0.2, -0.15) is 0 Å². The van der Waals surface area contributed by atoms with Gasteiger partial charge >= 0.3 is 5.97 Å². The van der Waals surface area contributed by atoms with Crippen molar-refractivity contribution in [1.29, 1.82) is 0 Å². The summed E-state index contributed by atoms with van der Waals surface area (Å²) in [6.45, 7) is 8.71. The van der Waals surface area contributed by atoms with Gasteiger partial charge in [0.25, 0.3) is 0 Å². The Bertz CT molecular complexity index is 483. The molecule has 1 aliphatic heterocycles. The maximum atomic E-state index is 12.3. The molecule has 0 spiro atoms. The molecule has 0 aromatic carbocycles. The van der Waals surface area contributed by atoms with Crippen molar-refractivity contribution in [1.82, 2.24) is 0 Å². The van der Waals surface area contributed by atoms with Crippen LogP contribution < -0.4 is 0 Å². The predicted molar refractivity (Wildman–Crippen MR) is 80.1 cm³/mol. The molecule has 0 bridgehead atoms. The molecular weight excluding hydrogens is 288 g/mol. The van der Waals surface area contributed by atoms with Gasteiger partial charge in [0.05, 0.1) is 5.41 Å². The molecule has 0 aromatic rings. The molecular formula is C16H24O6. The molecule has 22 heavy (non-hydrogen) atoms. The lowest BCUT2D eigenvalue weighted by Gasteiger charge is -2.35. The van der Waals surface area contributed by atoms with E-state index in [1.165, 1.54) is 13.2 Å². The summed E-state index contributed by atoms with van der Waals surface area (Å²) in [5.41, 5.74) is -2.84. The molecule has 0 unspecified atom stereocenters. The van der Waals surface area contributed by atoms with Gasteiger partial charge in [0.1, 0.15) is 19.2 Å². The van der Waals surface area contributed by atoms with E-state index in [-0.39, 0.29) is 25.1 Å². The smallest absolute Gasteiger partial charge is 0.347 e. The monoisotopic (exact) mass is 312 g/mol. The molecule has 6 heteroatoms. The highest BCUT2D eigenvalue weighted by Gasteiger charge is 2.63. The van der Waals surface area contributed by atoms with Crippen LogP contribution >= 0.6 is 0 Å². The highest BCUT2D eigenvalue weighted by Crippen LogP contribution is 2.46. The summed E-state index contributed by atoms with van der Waals surface area (Å²) in [4.78, 5) is 24.3. The Morgan fingerprint density at radius 2 is 2.23 bits per heavy atom. The third-order valence-electron chi connectivity index (χ3n) is 4.18. The highest BCUT2D eigenvalue weighted by atomic mass is 16.7. The molecule has 1 aliphatic rings. The van der Waals surface area contributed by atoms with Crippen LogP contribution in [0.15, 0.2) is 24.5 Å². The number of carbonyl (C=O) groups excluding carboxylic acids is 2. The molecule has 0 radical (unpaired) electrons. The Hall–Kier alpha value is -1.66. The van der Waals surface area contributed by atoms with Gasteiger partial charge in [-0.3, -0.25) is 4.79 Å². The number of hydrogen-bond donors (Lipinski definition) is 1. The van der Waals surface area contributed by atoms with E-state index < -0.39 is 22.7 Å². The molecule has 6 nitrogen and oxygen atoms in total. The fourth-order valence-electron chi connectivity index (χ4n) is 2.28. The summed E-state index contributed by atoms with van der Waals surface area (Å²) < 4.78 is 15.4. The third-order valence-corrected chi connectivity index (χ3v) is 4.18. The average molecular weight is 312 g/mol. The van der Waals surface area contributed by atoms with Crippen LogP contribution in [0.5, 0.6) is 0 Å². The molecule has 0 aromatic heterocycles. The van der Waals surface area contributed by atoms with Crippen molar-refractivity contribution < 1.29 is 28.9 Å². The fourth-order valence-corrected chi connectivity index (χ4v) is 2.28. The van der Waals surface area contributed by atoms with E-state index in [1.807, 2.05) is 6.92 Å². The Kier molecular flexibility index (Phi) is 5.91. The topological polar surface area (TPSA) is 82.1 Å². The molecule has 0 saturated carbocycles. The van der Waals surface area contributed by atoms with Crippen LogP contribution in [0.4, 0.5) is 0 Å². The zero-order valence-electron chi connectivity index (χ0n) is 13.5. The minimum atomic E-state index is -1.83. The first-order chi connectivity index (χ1) is 10.3. The second-order valence-electron chi connectivity index (χ2n) is 5.67. The van der Waals surface area contributed by atoms with Crippen molar-refractivity contribution in [2.45, 2.75) is 32.8 Å². The molecule has 0 amide bonds. The van der Waals surface area contributed by atoms with E-state index in [2.05, 4.69) is 6.58 Å². The largest absolute Gasteiger partial charge is 0.508 e. The second-order valence-corrected chi connectivity index (χ2v) is 5.67. The third kappa shape index (κ3) is 2.94. The molecule has 0 aliphatic carbocycles. The van der Waals surface area contributed by atoms with E-state index >= 15 is 0 Å². The van der Waals surface area contributed by atoms with Crippen molar-refractivity contribution in [2.75, 3.05) is 20.5 Å². The Morgan fingerprint density at radius 1 is 1.59 bits per heavy atom. The van der Waals surface area contributed by atoms with Gasteiger partial charge < -0.3 is 19.3 Å². The first-order valence-corrected chi connectivity index (χ1v) is 7.17. The van der Waals surface area contributed by atoms with E-state index in [9.17, 15) is 14.7 Å². The number of methoxy groups -OCH3 is 1. The van der Waals surface area contributed by atoms with Crippen molar-refractivity contribution in [3.63, 3.8) is 0 Å². The van der Waals surface area contributed by atoms with E-state index in [1.54, 1.807) is 13.8 Å². The van der Waals surface area contributed by atoms with Crippen LogP contribution in [-0.4, -0.2) is 43.0 Å². The number of aliphatic hydroxyl groups excluding tert-OH is 1. The minimum absolute atomic E-state index is 0.00549. The van der Waals surface area contributed by atoms with Gasteiger partial charge in [-0.15, -0.1) is 6.58 Å². The number of aliphatic hydroxyl groups is 1. The lowest BCUT2D eigenvalue weighted by Crippen LogP contribution is -2.52. The first kappa shape index (κ1) is 18.4. The van der Waals surface area contributed by atoms with Crippen LogP contribution in [0.3, 0.4) is 0 Å². The molecule has 124 valence electrons. The van der Waals surface area contributed by atoms with Gasteiger partial charge in [0.2, 0.25) is 5.60 Å². The zero-order valence-corrected chi connectivity index (χ0v) is 13.5. The van der Waals surface area contributed by atoms with Crippen molar-refractivity contribution in [2.24, 2.45) is 11.3 Å². The van der Waals surface area contributed by atoms with Gasteiger partial charge in [-0.1, -0.05) is 19.9 Å². The van der Waals surface area contributed by atoms with Crippen LogP contribution in [0.1, 0.15) is 27.2 Å². The SMILES string of the molecule is C=C[C@@]1(C)COC(=O)[C@]1(OCOC)/C(O)=C/C(=O)[C@@H](C)CC. The van der Waals surface area contributed by atoms with Crippen LogP contribution in [0, 0.1) is 11.3 Å². The van der Waals surface area contributed by atoms with Gasteiger partial charge in [-0.25, -0.2) is 4.79 Å². The van der Waals surface area contributed by atoms with E-state index in [0.29, 0.717) is 6.42 Å². The maximum absolute atomic E-state index is 12.3. The number of allylic oxidation sites excluding steroid dienone is 1. The lowest BCUT2D eigenvalue weighted by atomic mass is 9.73. The van der Waals surface area contributed by atoms with Crippen LogP contribution in [0.2, 0.25) is 0 Å². The number of carbonyl (C=O) groups is 2. The summed E-state index contributed by atoms with van der Waals surface area (Å²) >= 11 is 0. The summed E-state index contributed by atoms with van der Waals surface area (Å²) in [5, 5.41) is 10.5. The number of esters is 1. The number of ketones is 1.